The maximum absolute atomic E-state index is 10.6. The van der Waals surface area contributed by atoms with Crippen LogP contribution in [0.4, 0.5) is 0 Å². The van der Waals surface area contributed by atoms with E-state index in [0.717, 1.165) is 44.9 Å². The molecule has 0 aromatic heterocycles. The Morgan fingerprint density at radius 2 is 1.96 bits per heavy atom. The molecule has 3 N–H and O–H groups in total. The molecule has 2 aliphatic carbocycles. The minimum atomic E-state index is -0.700. The quantitative estimate of drug-likeness (QED) is 0.406. The lowest BCUT2D eigenvalue weighted by atomic mass is 9.84. The summed E-state index contributed by atoms with van der Waals surface area (Å²) in [4.78, 5) is 10.6. The van der Waals surface area contributed by atoms with Gasteiger partial charge in [-0.3, -0.25) is 4.79 Å². The number of carboxylic acids is 1. The number of aliphatic carboxylic acids is 1. The smallest absolute Gasteiger partial charge is 0.303 e. The van der Waals surface area contributed by atoms with Gasteiger partial charge in [0.1, 0.15) is 0 Å². The topological polar surface area (TPSA) is 77.8 Å². The second-order valence-corrected chi connectivity index (χ2v) is 8.62. The molecule has 0 aliphatic heterocycles. The van der Waals surface area contributed by atoms with Crippen LogP contribution >= 0.6 is 0 Å². The molecule has 26 heavy (non-hydrogen) atoms. The molecule has 0 amide bonds. The molecule has 0 aromatic rings. The predicted octanol–water partition coefficient (Wildman–Crippen LogP) is 3.85. The van der Waals surface area contributed by atoms with E-state index in [2.05, 4.69) is 11.8 Å². The number of aliphatic hydroxyl groups is 2. The first-order valence-electron chi connectivity index (χ1n) is 10.4. The SMILES string of the molecule is CC#CCC(C)C(O)CCC1C2CC(CCCCC(=O)O)CC2C[C@H]1O. The Labute approximate surface area is 158 Å². The Morgan fingerprint density at radius 3 is 2.65 bits per heavy atom. The summed E-state index contributed by atoms with van der Waals surface area (Å²) in [5, 5.41) is 29.6. The highest BCUT2D eigenvalue weighted by Gasteiger charge is 2.47. The van der Waals surface area contributed by atoms with Gasteiger partial charge in [0.15, 0.2) is 0 Å². The molecular weight excluding hydrogens is 328 g/mol. The van der Waals surface area contributed by atoms with E-state index in [4.69, 9.17) is 5.11 Å². The molecule has 6 unspecified atom stereocenters. The molecule has 4 nitrogen and oxygen atoms in total. The van der Waals surface area contributed by atoms with E-state index < -0.39 is 5.97 Å². The summed E-state index contributed by atoms with van der Waals surface area (Å²) in [6, 6.07) is 0. The molecule has 0 bridgehead atoms. The van der Waals surface area contributed by atoms with Crippen molar-refractivity contribution in [3.05, 3.63) is 0 Å². The number of hydrogen-bond donors (Lipinski definition) is 3. The lowest BCUT2D eigenvalue weighted by molar-refractivity contribution is -0.137. The van der Waals surface area contributed by atoms with E-state index in [1.165, 1.54) is 12.8 Å². The lowest BCUT2D eigenvalue weighted by Crippen LogP contribution is -2.24. The highest BCUT2D eigenvalue weighted by molar-refractivity contribution is 5.66. The van der Waals surface area contributed by atoms with Crippen molar-refractivity contribution < 1.29 is 20.1 Å². The number of hydrogen-bond acceptors (Lipinski definition) is 3. The summed E-state index contributed by atoms with van der Waals surface area (Å²) in [5.41, 5.74) is 0. The van der Waals surface area contributed by atoms with E-state index in [9.17, 15) is 15.0 Å². The number of carboxylic acid groups (broad SMARTS) is 1. The van der Waals surface area contributed by atoms with Crippen molar-refractivity contribution in [1.82, 2.24) is 0 Å². The van der Waals surface area contributed by atoms with Crippen LogP contribution in [0.2, 0.25) is 0 Å². The zero-order valence-electron chi connectivity index (χ0n) is 16.4. The van der Waals surface area contributed by atoms with Gasteiger partial charge in [0.05, 0.1) is 12.2 Å². The highest BCUT2D eigenvalue weighted by Crippen LogP contribution is 2.52. The van der Waals surface area contributed by atoms with Gasteiger partial charge in [0.25, 0.3) is 0 Å². The van der Waals surface area contributed by atoms with Crippen molar-refractivity contribution in [2.75, 3.05) is 0 Å². The van der Waals surface area contributed by atoms with E-state index in [0.29, 0.717) is 23.7 Å². The molecule has 2 rings (SSSR count). The van der Waals surface area contributed by atoms with Gasteiger partial charge in [-0.2, -0.15) is 0 Å². The molecule has 0 aromatic carbocycles. The summed E-state index contributed by atoms with van der Waals surface area (Å²) >= 11 is 0. The van der Waals surface area contributed by atoms with Crippen molar-refractivity contribution in [1.29, 1.82) is 0 Å². The van der Waals surface area contributed by atoms with Crippen LogP contribution in [0.5, 0.6) is 0 Å². The average Bonchev–Trinajstić information content (AvgIpc) is 3.10. The summed E-state index contributed by atoms with van der Waals surface area (Å²) in [7, 11) is 0. The van der Waals surface area contributed by atoms with E-state index in [-0.39, 0.29) is 24.5 Å². The number of carbonyl (C=O) groups is 1. The third kappa shape index (κ3) is 5.99. The van der Waals surface area contributed by atoms with Crippen molar-refractivity contribution in [3.63, 3.8) is 0 Å². The average molecular weight is 365 g/mol. The van der Waals surface area contributed by atoms with Crippen LogP contribution in [0.3, 0.4) is 0 Å². The molecule has 0 radical (unpaired) electrons. The number of fused-ring (bicyclic) bond motifs is 1. The van der Waals surface area contributed by atoms with Crippen molar-refractivity contribution in [3.8, 4) is 11.8 Å². The fraction of sp³-hybridized carbons (Fsp3) is 0.864. The van der Waals surface area contributed by atoms with Gasteiger partial charge in [0, 0.05) is 12.8 Å². The van der Waals surface area contributed by atoms with Crippen LogP contribution in [0, 0.1) is 41.4 Å². The fourth-order valence-electron chi connectivity index (χ4n) is 5.24. The van der Waals surface area contributed by atoms with E-state index in [1.807, 2.05) is 13.8 Å². The van der Waals surface area contributed by atoms with Crippen molar-refractivity contribution >= 4 is 5.97 Å². The third-order valence-electron chi connectivity index (χ3n) is 6.74. The van der Waals surface area contributed by atoms with Gasteiger partial charge >= 0.3 is 5.97 Å². The second kappa shape index (κ2) is 10.3. The largest absolute Gasteiger partial charge is 0.481 e. The van der Waals surface area contributed by atoms with Crippen LogP contribution < -0.4 is 0 Å². The first-order valence-corrected chi connectivity index (χ1v) is 10.4. The van der Waals surface area contributed by atoms with Crippen LogP contribution in [0.15, 0.2) is 0 Å². The van der Waals surface area contributed by atoms with Crippen LogP contribution in [-0.4, -0.2) is 33.5 Å². The number of unbranched alkanes of at least 4 members (excludes halogenated alkanes) is 1. The van der Waals surface area contributed by atoms with Gasteiger partial charge in [-0.1, -0.05) is 19.8 Å². The molecule has 2 aliphatic rings. The number of rotatable bonds is 10. The molecule has 0 heterocycles. The molecule has 4 heteroatoms. The minimum absolute atomic E-state index is 0.183. The summed E-state index contributed by atoms with van der Waals surface area (Å²) < 4.78 is 0. The fourth-order valence-corrected chi connectivity index (χ4v) is 5.24. The van der Waals surface area contributed by atoms with Gasteiger partial charge < -0.3 is 15.3 Å². The molecule has 7 atom stereocenters. The first kappa shape index (κ1) is 21.3. The summed E-state index contributed by atoms with van der Waals surface area (Å²) in [5.74, 6) is 7.64. The van der Waals surface area contributed by atoms with E-state index >= 15 is 0 Å². The summed E-state index contributed by atoms with van der Waals surface area (Å²) in [6.45, 7) is 3.87. The Kier molecular flexibility index (Phi) is 8.44. The molecule has 2 saturated carbocycles. The second-order valence-electron chi connectivity index (χ2n) is 8.62. The Morgan fingerprint density at radius 1 is 1.19 bits per heavy atom. The third-order valence-corrected chi connectivity index (χ3v) is 6.74. The molecule has 0 spiro atoms. The van der Waals surface area contributed by atoms with Gasteiger partial charge in [-0.05, 0) is 75.0 Å². The highest BCUT2D eigenvalue weighted by atomic mass is 16.4. The van der Waals surface area contributed by atoms with Crippen molar-refractivity contribution in [2.45, 2.75) is 90.3 Å². The lowest BCUT2D eigenvalue weighted by Gasteiger charge is -2.25. The Bertz CT molecular complexity index is 506. The van der Waals surface area contributed by atoms with Gasteiger partial charge in [-0.15, -0.1) is 11.8 Å². The Hall–Kier alpha value is -1.05. The standard InChI is InChI=1S/C22H36O4/c1-3-4-7-15(2)20(23)11-10-18-19-13-16(8-5-6-9-22(25)26)12-17(19)14-21(18)24/h15-21,23-24H,5-14H2,1-2H3,(H,25,26)/t15?,16?,17?,18?,19?,20?,21-/m1/s1. The van der Waals surface area contributed by atoms with Crippen LogP contribution in [0.1, 0.15) is 78.1 Å². The first-order chi connectivity index (χ1) is 12.4. The molecular formula is C22H36O4. The van der Waals surface area contributed by atoms with Crippen LogP contribution in [0.25, 0.3) is 0 Å². The van der Waals surface area contributed by atoms with Gasteiger partial charge in [0.2, 0.25) is 0 Å². The minimum Gasteiger partial charge on any atom is -0.481 e. The number of aliphatic hydroxyl groups excluding tert-OH is 2. The Balaban J connectivity index is 1.75. The maximum Gasteiger partial charge on any atom is 0.303 e. The normalized spacial score (nSPS) is 32.5. The van der Waals surface area contributed by atoms with Crippen LogP contribution in [-0.2, 0) is 4.79 Å². The van der Waals surface area contributed by atoms with Gasteiger partial charge in [-0.25, -0.2) is 0 Å². The zero-order chi connectivity index (χ0) is 19.1. The predicted molar refractivity (Wildman–Crippen MR) is 102 cm³/mol. The van der Waals surface area contributed by atoms with E-state index in [1.54, 1.807) is 0 Å². The zero-order valence-corrected chi connectivity index (χ0v) is 16.4. The maximum atomic E-state index is 10.6. The monoisotopic (exact) mass is 364 g/mol. The molecule has 148 valence electrons. The summed E-state index contributed by atoms with van der Waals surface area (Å²) in [6.07, 6.45) is 8.28. The van der Waals surface area contributed by atoms with Crippen molar-refractivity contribution in [2.24, 2.45) is 29.6 Å². The molecule has 0 saturated heterocycles. The molecule has 2 fully saturated rings.